The van der Waals surface area contributed by atoms with Crippen LogP contribution in [0.5, 0.6) is 0 Å². The number of anilines is 1. The predicted molar refractivity (Wildman–Crippen MR) is 114 cm³/mol. The van der Waals surface area contributed by atoms with Gasteiger partial charge in [0, 0.05) is 30.0 Å². The Hall–Kier alpha value is -2.82. The van der Waals surface area contributed by atoms with Crippen LogP contribution < -0.4 is 10.6 Å². The topological polar surface area (TPSA) is 59.0 Å². The number of amides is 2. The van der Waals surface area contributed by atoms with E-state index >= 15 is 0 Å². The molecule has 2 aromatic heterocycles. The molecule has 5 nitrogen and oxygen atoms in total. The number of nitrogens with one attached hydrogen (secondary N) is 2. The highest BCUT2D eigenvalue weighted by atomic mass is 16.2. The summed E-state index contributed by atoms with van der Waals surface area (Å²) in [5, 5.41) is 7.32. The van der Waals surface area contributed by atoms with Crippen molar-refractivity contribution in [2.75, 3.05) is 11.9 Å². The van der Waals surface area contributed by atoms with Crippen LogP contribution in [0.25, 0.3) is 11.0 Å². The van der Waals surface area contributed by atoms with Crippen molar-refractivity contribution >= 4 is 22.8 Å². The van der Waals surface area contributed by atoms with Crippen molar-refractivity contribution in [2.24, 2.45) is 0 Å². The van der Waals surface area contributed by atoms with E-state index in [1.54, 1.807) is 0 Å². The van der Waals surface area contributed by atoms with E-state index in [1.807, 2.05) is 30.5 Å². The largest absolute Gasteiger partial charge is 0.335 e. The van der Waals surface area contributed by atoms with E-state index in [0.717, 1.165) is 35.1 Å². The molecule has 0 spiro atoms. The van der Waals surface area contributed by atoms with Crippen LogP contribution in [-0.2, 0) is 5.54 Å². The lowest BCUT2D eigenvalue weighted by atomic mass is 9.97. The molecule has 1 aromatic carbocycles. The molecule has 5 heteroatoms. The Morgan fingerprint density at radius 1 is 1.14 bits per heavy atom. The number of urea groups is 1. The third kappa shape index (κ3) is 3.49. The molecule has 1 aliphatic rings. The van der Waals surface area contributed by atoms with E-state index in [-0.39, 0.29) is 11.6 Å². The zero-order valence-corrected chi connectivity index (χ0v) is 16.6. The van der Waals surface area contributed by atoms with Crippen LogP contribution in [0.15, 0.2) is 54.9 Å². The van der Waals surface area contributed by atoms with Crippen LogP contribution >= 0.6 is 0 Å². The fourth-order valence-electron chi connectivity index (χ4n) is 4.41. The number of nitrogens with zero attached hydrogens (tertiary/aromatic N) is 2. The van der Waals surface area contributed by atoms with E-state index in [1.165, 1.54) is 12.8 Å². The maximum atomic E-state index is 12.7. The number of rotatable bonds is 5. The Morgan fingerprint density at radius 3 is 2.71 bits per heavy atom. The van der Waals surface area contributed by atoms with Crippen LogP contribution in [0.2, 0.25) is 0 Å². The zero-order valence-electron chi connectivity index (χ0n) is 16.6. The van der Waals surface area contributed by atoms with Crippen molar-refractivity contribution in [1.82, 2.24) is 14.9 Å². The quantitative estimate of drug-likeness (QED) is 0.639. The predicted octanol–water partition coefficient (Wildman–Crippen LogP) is 5.25. The molecule has 0 saturated heterocycles. The summed E-state index contributed by atoms with van der Waals surface area (Å²) < 4.78 is 2.28. The number of carbonyl (C=O) groups is 1. The SMILES string of the molecule is CC(C)c1ccccc1NC(=O)NCC1(n2ccc3cccnc32)CCCC1. The molecule has 2 heterocycles. The second-order valence-corrected chi connectivity index (χ2v) is 8.08. The van der Waals surface area contributed by atoms with Crippen molar-refractivity contribution in [3.63, 3.8) is 0 Å². The molecule has 0 unspecified atom stereocenters. The van der Waals surface area contributed by atoms with E-state index in [9.17, 15) is 4.79 Å². The maximum absolute atomic E-state index is 12.7. The molecule has 4 rings (SSSR count). The van der Waals surface area contributed by atoms with Gasteiger partial charge in [0.25, 0.3) is 0 Å². The Morgan fingerprint density at radius 2 is 1.93 bits per heavy atom. The summed E-state index contributed by atoms with van der Waals surface area (Å²) in [6, 6.07) is 14.0. The third-order valence-corrected chi connectivity index (χ3v) is 5.90. The molecule has 2 amide bonds. The smallest absolute Gasteiger partial charge is 0.319 e. The second-order valence-electron chi connectivity index (χ2n) is 8.08. The molecule has 0 aliphatic heterocycles. The van der Waals surface area contributed by atoms with Gasteiger partial charge in [-0.15, -0.1) is 0 Å². The molecule has 0 bridgehead atoms. The van der Waals surface area contributed by atoms with Gasteiger partial charge in [0.05, 0.1) is 5.54 Å². The number of carbonyl (C=O) groups excluding carboxylic acids is 1. The molecule has 1 fully saturated rings. The fraction of sp³-hybridized carbons (Fsp3) is 0.391. The molecule has 2 N–H and O–H groups in total. The van der Waals surface area contributed by atoms with Gasteiger partial charge in [-0.3, -0.25) is 0 Å². The minimum atomic E-state index is -0.149. The molecule has 146 valence electrons. The minimum Gasteiger partial charge on any atom is -0.335 e. The first-order chi connectivity index (χ1) is 13.6. The summed E-state index contributed by atoms with van der Waals surface area (Å²) in [7, 11) is 0. The highest BCUT2D eigenvalue weighted by Crippen LogP contribution is 2.38. The number of para-hydroxylation sites is 1. The first kappa shape index (κ1) is 18.5. The van der Waals surface area contributed by atoms with Gasteiger partial charge in [-0.1, -0.05) is 44.9 Å². The molecule has 1 saturated carbocycles. The fourth-order valence-corrected chi connectivity index (χ4v) is 4.41. The van der Waals surface area contributed by atoms with Gasteiger partial charge >= 0.3 is 6.03 Å². The van der Waals surface area contributed by atoms with Crippen molar-refractivity contribution < 1.29 is 4.79 Å². The molecule has 28 heavy (non-hydrogen) atoms. The van der Waals surface area contributed by atoms with Crippen LogP contribution in [0, 0.1) is 0 Å². The highest BCUT2D eigenvalue weighted by Gasteiger charge is 2.37. The van der Waals surface area contributed by atoms with Gasteiger partial charge in [0.2, 0.25) is 0 Å². The van der Waals surface area contributed by atoms with E-state index in [2.05, 4.69) is 58.4 Å². The Labute approximate surface area is 166 Å². The summed E-state index contributed by atoms with van der Waals surface area (Å²) in [4.78, 5) is 17.3. The van der Waals surface area contributed by atoms with Gasteiger partial charge < -0.3 is 15.2 Å². The third-order valence-electron chi connectivity index (χ3n) is 5.90. The zero-order chi connectivity index (χ0) is 19.6. The van der Waals surface area contributed by atoms with Gasteiger partial charge in [0.1, 0.15) is 5.65 Å². The molecular formula is C23H28N4O. The Kier molecular flexibility index (Phi) is 5.07. The first-order valence-electron chi connectivity index (χ1n) is 10.2. The van der Waals surface area contributed by atoms with Gasteiger partial charge in [0.15, 0.2) is 0 Å². The number of fused-ring (bicyclic) bond motifs is 1. The average Bonchev–Trinajstić information content (AvgIpc) is 3.34. The second kappa shape index (κ2) is 7.66. The molecular weight excluding hydrogens is 348 g/mol. The normalized spacial score (nSPS) is 15.8. The molecule has 1 aliphatic carbocycles. The number of benzene rings is 1. The van der Waals surface area contributed by atoms with Gasteiger partial charge in [-0.05, 0) is 48.6 Å². The molecule has 0 atom stereocenters. The standard InChI is InChI=1S/C23H28N4O/c1-17(2)19-9-3-4-10-20(19)26-22(28)25-16-23(12-5-6-13-23)27-15-11-18-8-7-14-24-21(18)27/h3-4,7-11,14-15,17H,5-6,12-13,16H2,1-2H3,(H2,25,26,28). The van der Waals surface area contributed by atoms with Crippen LogP contribution in [0.1, 0.15) is 51.0 Å². The summed E-state index contributed by atoms with van der Waals surface area (Å²) in [5.74, 6) is 0.356. The Bertz CT molecular complexity index is 969. The van der Waals surface area contributed by atoms with Crippen molar-refractivity contribution in [3.05, 3.63) is 60.4 Å². The van der Waals surface area contributed by atoms with E-state index in [4.69, 9.17) is 0 Å². The lowest BCUT2D eigenvalue weighted by molar-refractivity contribution is 0.239. The maximum Gasteiger partial charge on any atom is 0.319 e. The summed E-state index contributed by atoms with van der Waals surface area (Å²) in [5.41, 5.74) is 2.92. The van der Waals surface area contributed by atoms with Crippen molar-refractivity contribution in [3.8, 4) is 0 Å². The van der Waals surface area contributed by atoms with E-state index < -0.39 is 0 Å². The van der Waals surface area contributed by atoms with E-state index in [0.29, 0.717) is 12.5 Å². The highest BCUT2D eigenvalue weighted by molar-refractivity contribution is 5.90. The Balaban J connectivity index is 1.51. The van der Waals surface area contributed by atoms with Crippen molar-refractivity contribution in [2.45, 2.75) is 51.0 Å². The van der Waals surface area contributed by atoms with Crippen LogP contribution in [-0.4, -0.2) is 22.1 Å². The van der Waals surface area contributed by atoms with Gasteiger partial charge in [-0.2, -0.15) is 0 Å². The number of aromatic nitrogens is 2. The lowest BCUT2D eigenvalue weighted by Crippen LogP contribution is -2.44. The number of pyridine rings is 1. The number of hydrogen-bond donors (Lipinski definition) is 2. The lowest BCUT2D eigenvalue weighted by Gasteiger charge is -2.32. The van der Waals surface area contributed by atoms with Crippen LogP contribution in [0.4, 0.5) is 10.5 Å². The molecule has 0 radical (unpaired) electrons. The van der Waals surface area contributed by atoms with Crippen molar-refractivity contribution in [1.29, 1.82) is 0 Å². The summed E-state index contributed by atoms with van der Waals surface area (Å²) in [6.07, 6.45) is 8.41. The summed E-state index contributed by atoms with van der Waals surface area (Å²) >= 11 is 0. The average molecular weight is 377 g/mol. The minimum absolute atomic E-state index is 0.106. The molecule has 3 aromatic rings. The van der Waals surface area contributed by atoms with Crippen LogP contribution in [0.3, 0.4) is 0 Å². The monoisotopic (exact) mass is 376 g/mol. The number of hydrogen-bond acceptors (Lipinski definition) is 2. The first-order valence-corrected chi connectivity index (χ1v) is 10.2. The summed E-state index contributed by atoms with van der Waals surface area (Å²) in [6.45, 7) is 4.87. The van der Waals surface area contributed by atoms with Gasteiger partial charge in [-0.25, -0.2) is 9.78 Å².